The number of carbonyl (C=O) groups is 2. The molecule has 3 aliphatic rings. The van der Waals surface area contributed by atoms with E-state index in [1.807, 2.05) is 23.1 Å². The lowest BCUT2D eigenvalue weighted by Gasteiger charge is -2.26. The highest BCUT2D eigenvalue weighted by Gasteiger charge is 2.42. The first-order chi connectivity index (χ1) is 18.3. The maximum Gasteiger partial charge on any atom is 0.270 e. The first-order valence-electron chi connectivity index (χ1n) is 13.5. The molecule has 3 heterocycles. The summed E-state index contributed by atoms with van der Waals surface area (Å²) in [4.78, 5) is 41.3. The molecule has 2 amide bonds. The van der Waals surface area contributed by atoms with Crippen LogP contribution in [0.4, 0.5) is 5.69 Å². The van der Waals surface area contributed by atoms with E-state index in [2.05, 4.69) is 22.3 Å². The number of ether oxygens (including phenoxy) is 1. The van der Waals surface area contributed by atoms with E-state index in [0.29, 0.717) is 54.8 Å². The molecule has 38 heavy (non-hydrogen) atoms. The smallest absolute Gasteiger partial charge is 0.270 e. The topological polar surface area (TPSA) is 105 Å². The van der Waals surface area contributed by atoms with Gasteiger partial charge in [0.15, 0.2) is 0 Å². The van der Waals surface area contributed by atoms with Crippen LogP contribution in [-0.2, 0) is 9.53 Å². The molecular formula is C29H36N4O5. The molecule has 3 fully saturated rings. The summed E-state index contributed by atoms with van der Waals surface area (Å²) in [6, 6.07) is 13.1. The Morgan fingerprint density at radius 3 is 2.32 bits per heavy atom. The number of amides is 2. The minimum absolute atomic E-state index is 0.0204. The fraction of sp³-hybridized carbons (Fsp3) is 0.517. The fourth-order valence-electron chi connectivity index (χ4n) is 6.33. The number of hydrogen-bond donors (Lipinski definition) is 1. The molecular weight excluding hydrogens is 484 g/mol. The number of rotatable bonds is 8. The van der Waals surface area contributed by atoms with Crippen LogP contribution < -0.4 is 5.32 Å². The number of hydrogen-bond acceptors (Lipinski definition) is 6. The number of likely N-dealkylation sites (tertiary alicyclic amines) is 2. The first kappa shape index (κ1) is 26.3. The molecule has 9 nitrogen and oxygen atoms in total. The highest BCUT2D eigenvalue weighted by molar-refractivity contribution is 5.97. The van der Waals surface area contributed by atoms with E-state index in [0.717, 1.165) is 38.0 Å². The number of nitrogens with one attached hydrogen (secondary N) is 1. The Bertz CT molecular complexity index is 1160. The summed E-state index contributed by atoms with van der Waals surface area (Å²) < 4.78 is 5.41. The van der Waals surface area contributed by atoms with Crippen molar-refractivity contribution >= 4 is 17.5 Å². The lowest BCUT2D eigenvalue weighted by molar-refractivity contribution is -0.385. The summed E-state index contributed by atoms with van der Waals surface area (Å²) in [5, 5.41) is 14.4. The normalized spacial score (nSPS) is 23.8. The Labute approximate surface area is 223 Å². The van der Waals surface area contributed by atoms with Crippen molar-refractivity contribution in [2.24, 2.45) is 17.8 Å². The van der Waals surface area contributed by atoms with Gasteiger partial charge in [0.2, 0.25) is 5.91 Å². The number of carbonyl (C=O) groups excluding carboxylic acids is 2. The second-order valence-electron chi connectivity index (χ2n) is 11.0. The van der Waals surface area contributed by atoms with Crippen LogP contribution >= 0.6 is 0 Å². The van der Waals surface area contributed by atoms with Crippen LogP contribution in [0.3, 0.4) is 0 Å². The molecule has 202 valence electrons. The molecule has 3 saturated heterocycles. The molecule has 0 saturated carbocycles. The van der Waals surface area contributed by atoms with E-state index >= 15 is 0 Å². The van der Waals surface area contributed by atoms with Gasteiger partial charge in [0.1, 0.15) is 0 Å². The molecule has 4 atom stereocenters. The average Bonchev–Trinajstić information content (AvgIpc) is 3.63. The third-order valence-electron chi connectivity index (χ3n) is 8.34. The molecule has 0 spiro atoms. The van der Waals surface area contributed by atoms with Crippen LogP contribution in [0.25, 0.3) is 0 Å². The third kappa shape index (κ3) is 5.59. The summed E-state index contributed by atoms with van der Waals surface area (Å²) in [5.74, 6) is 0.800. The molecule has 3 unspecified atom stereocenters. The first-order valence-corrected chi connectivity index (χ1v) is 13.5. The van der Waals surface area contributed by atoms with Crippen molar-refractivity contribution in [2.45, 2.75) is 32.7 Å². The maximum absolute atomic E-state index is 13.4. The monoisotopic (exact) mass is 520 g/mol. The number of nitro groups is 1. The molecule has 0 radical (unpaired) electrons. The van der Waals surface area contributed by atoms with Gasteiger partial charge < -0.3 is 19.9 Å². The lowest BCUT2D eigenvalue weighted by atomic mass is 10.0. The number of benzene rings is 2. The zero-order valence-corrected chi connectivity index (χ0v) is 22.1. The van der Waals surface area contributed by atoms with Gasteiger partial charge in [0, 0.05) is 57.0 Å². The molecule has 0 aliphatic carbocycles. The van der Waals surface area contributed by atoms with Gasteiger partial charge >= 0.3 is 0 Å². The fourth-order valence-corrected chi connectivity index (χ4v) is 6.33. The molecule has 9 heteroatoms. The van der Waals surface area contributed by atoms with Crippen molar-refractivity contribution < 1.29 is 19.2 Å². The largest absolute Gasteiger partial charge is 0.381 e. The van der Waals surface area contributed by atoms with E-state index in [9.17, 15) is 19.7 Å². The van der Waals surface area contributed by atoms with Crippen molar-refractivity contribution in [3.05, 3.63) is 74.8 Å². The van der Waals surface area contributed by atoms with Gasteiger partial charge in [-0.25, -0.2) is 0 Å². The van der Waals surface area contributed by atoms with E-state index in [4.69, 9.17) is 4.74 Å². The zero-order chi connectivity index (χ0) is 26.8. The van der Waals surface area contributed by atoms with Crippen LogP contribution in [0.5, 0.6) is 0 Å². The number of aryl methyl sites for hydroxylation is 2. The van der Waals surface area contributed by atoms with Crippen molar-refractivity contribution in [3.63, 3.8) is 0 Å². The van der Waals surface area contributed by atoms with E-state index in [1.54, 1.807) is 13.8 Å². The van der Waals surface area contributed by atoms with Crippen LogP contribution in [0, 0.1) is 41.7 Å². The maximum atomic E-state index is 13.4. The van der Waals surface area contributed by atoms with Crippen LogP contribution in [0.1, 0.15) is 45.9 Å². The number of nitro benzene ring substituents is 1. The van der Waals surface area contributed by atoms with Gasteiger partial charge in [-0.3, -0.25) is 19.7 Å². The van der Waals surface area contributed by atoms with Gasteiger partial charge in [0.25, 0.3) is 11.6 Å². The lowest BCUT2D eigenvalue weighted by Crippen LogP contribution is -2.37. The van der Waals surface area contributed by atoms with Crippen molar-refractivity contribution in [3.8, 4) is 0 Å². The summed E-state index contributed by atoms with van der Waals surface area (Å²) >= 11 is 0. The van der Waals surface area contributed by atoms with Crippen molar-refractivity contribution in [1.82, 2.24) is 15.1 Å². The Kier molecular flexibility index (Phi) is 7.76. The Balaban J connectivity index is 1.17. The number of non-ortho nitro benzene ring substituents is 1. The second-order valence-corrected chi connectivity index (χ2v) is 11.0. The summed E-state index contributed by atoms with van der Waals surface area (Å²) in [7, 11) is 0. The summed E-state index contributed by atoms with van der Waals surface area (Å²) in [6.07, 6.45) is 1.60. The van der Waals surface area contributed by atoms with Crippen molar-refractivity contribution in [1.29, 1.82) is 0 Å². The van der Waals surface area contributed by atoms with Gasteiger partial charge in [-0.05, 0) is 55.2 Å². The van der Waals surface area contributed by atoms with E-state index in [-0.39, 0.29) is 29.5 Å². The van der Waals surface area contributed by atoms with Gasteiger partial charge in [-0.1, -0.05) is 30.3 Å². The van der Waals surface area contributed by atoms with Crippen molar-refractivity contribution in [2.75, 3.05) is 45.9 Å². The Morgan fingerprint density at radius 2 is 1.74 bits per heavy atom. The van der Waals surface area contributed by atoms with Crippen LogP contribution in [0.2, 0.25) is 0 Å². The average molecular weight is 521 g/mol. The molecule has 1 N–H and O–H groups in total. The SMILES string of the molecule is Cc1cc([N+](=O)[O-])cc(C)c1C(=O)N1CC2CN(CCC(NC(=O)C3CCOC3)c3ccccc3)C[C@H]2C1. The van der Waals surface area contributed by atoms with Gasteiger partial charge in [-0.15, -0.1) is 0 Å². The Hall–Kier alpha value is -3.30. The zero-order valence-electron chi connectivity index (χ0n) is 22.1. The molecule has 2 aromatic carbocycles. The van der Waals surface area contributed by atoms with Crippen LogP contribution in [-0.4, -0.2) is 72.5 Å². The highest BCUT2D eigenvalue weighted by Crippen LogP contribution is 2.34. The predicted molar refractivity (Wildman–Crippen MR) is 143 cm³/mol. The number of nitrogens with zero attached hydrogens (tertiary/aromatic N) is 3. The molecule has 3 aliphatic heterocycles. The number of fused-ring (bicyclic) bond motifs is 1. The molecule has 0 bridgehead atoms. The van der Waals surface area contributed by atoms with E-state index < -0.39 is 4.92 Å². The summed E-state index contributed by atoms with van der Waals surface area (Å²) in [6.45, 7) is 8.83. The Morgan fingerprint density at radius 1 is 1.08 bits per heavy atom. The van der Waals surface area contributed by atoms with Crippen LogP contribution in [0.15, 0.2) is 42.5 Å². The third-order valence-corrected chi connectivity index (χ3v) is 8.34. The summed E-state index contributed by atoms with van der Waals surface area (Å²) in [5.41, 5.74) is 3.02. The minimum atomic E-state index is -0.417. The molecule has 2 aromatic rings. The highest BCUT2D eigenvalue weighted by atomic mass is 16.6. The minimum Gasteiger partial charge on any atom is -0.381 e. The van der Waals surface area contributed by atoms with Gasteiger partial charge in [-0.2, -0.15) is 0 Å². The second kappa shape index (κ2) is 11.2. The van der Waals surface area contributed by atoms with Gasteiger partial charge in [0.05, 0.1) is 23.5 Å². The van der Waals surface area contributed by atoms with E-state index in [1.165, 1.54) is 12.1 Å². The quantitative estimate of drug-likeness (QED) is 0.422. The molecule has 0 aromatic heterocycles. The molecule has 5 rings (SSSR count). The standard InChI is InChI=1S/C29H36N4O5/c1-19-12-25(33(36)37)13-20(2)27(19)29(35)32-16-23-14-31(15-24(23)17-32)10-8-26(21-6-4-3-5-7-21)30-28(34)22-9-11-38-18-22/h3-7,12-13,22-24,26H,8-11,14-18H2,1-2H3,(H,30,34)/t22?,23-,24?,26?/m0/s1. The predicted octanol–water partition coefficient (Wildman–Crippen LogP) is 3.50.